The molecule has 34 heavy (non-hydrogen) atoms. The fourth-order valence-electron chi connectivity index (χ4n) is 4.06. The van der Waals surface area contributed by atoms with Crippen LogP contribution >= 0.6 is 15.9 Å². The maximum atomic E-state index is 13.9. The van der Waals surface area contributed by atoms with Crippen molar-refractivity contribution in [3.8, 4) is 0 Å². The molecule has 0 spiro atoms. The molecule has 0 saturated heterocycles. The molecule has 0 saturated carbocycles. The van der Waals surface area contributed by atoms with E-state index in [-0.39, 0.29) is 4.90 Å². The lowest BCUT2D eigenvalue weighted by Crippen LogP contribution is -2.34. The van der Waals surface area contributed by atoms with E-state index >= 15 is 0 Å². The highest BCUT2D eigenvalue weighted by Crippen LogP contribution is 2.47. The summed E-state index contributed by atoms with van der Waals surface area (Å²) in [6.45, 7) is 1.92. The molecule has 1 aliphatic rings. The summed E-state index contributed by atoms with van der Waals surface area (Å²) in [7, 11) is -4.02. The van der Waals surface area contributed by atoms with E-state index in [9.17, 15) is 8.42 Å². The van der Waals surface area contributed by atoms with Crippen molar-refractivity contribution in [1.29, 1.82) is 0 Å². The van der Waals surface area contributed by atoms with Crippen LogP contribution in [-0.4, -0.2) is 12.9 Å². The molecule has 0 unspecified atom stereocenters. The van der Waals surface area contributed by atoms with Crippen molar-refractivity contribution in [3.05, 3.63) is 142 Å². The first-order chi connectivity index (χ1) is 16.4. The van der Waals surface area contributed by atoms with Crippen molar-refractivity contribution in [1.82, 2.24) is 4.47 Å². The first kappa shape index (κ1) is 22.6. The van der Waals surface area contributed by atoms with Crippen LogP contribution in [0.5, 0.6) is 0 Å². The van der Waals surface area contributed by atoms with Crippen LogP contribution < -0.4 is 0 Å². The van der Waals surface area contributed by atoms with Gasteiger partial charge in [0.25, 0.3) is 10.0 Å². The fraction of sp³-hybridized carbons (Fsp3) is 0.0714. The Balaban J connectivity index is 1.75. The summed E-state index contributed by atoms with van der Waals surface area (Å²) in [6, 6.07) is 33.7. The third kappa shape index (κ3) is 3.98. The molecule has 0 bridgehead atoms. The van der Waals surface area contributed by atoms with E-state index in [2.05, 4.69) is 15.9 Å². The second kappa shape index (κ2) is 8.87. The molecule has 5 rings (SSSR count). The molecule has 0 radical (unpaired) electrons. The number of benzene rings is 4. The SMILES string of the molecule is Cc1ccc(S(=O)(=O)N2OC(c3ccccc3)(c3ccccc3)C=C2c2ccc(Br)cc2)cc1. The van der Waals surface area contributed by atoms with Crippen LogP contribution in [0.1, 0.15) is 22.3 Å². The second-order valence-electron chi connectivity index (χ2n) is 8.14. The number of hydrogen-bond donors (Lipinski definition) is 0. The van der Waals surface area contributed by atoms with Crippen LogP contribution in [0.15, 0.2) is 125 Å². The first-order valence-corrected chi connectivity index (χ1v) is 13.0. The van der Waals surface area contributed by atoms with Crippen LogP contribution in [0.4, 0.5) is 0 Å². The molecule has 0 aromatic heterocycles. The molecule has 0 atom stereocenters. The van der Waals surface area contributed by atoms with Crippen molar-refractivity contribution in [2.75, 3.05) is 0 Å². The summed E-state index contributed by atoms with van der Waals surface area (Å²) < 4.78 is 29.8. The maximum Gasteiger partial charge on any atom is 0.286 e. The number of hydroxylamine groups is 1. The summed E-state index contributed by atoms with van der Waals surface area (Å²) in [5.74, 6) is 0. The Hall–Kier alpha value is -3.19. The van der Waals surface area contributed by atoms with Gasteiger partial charge in [0.1, 0.15) is 0 Å². The first-order valence-electron chi connectivity index (χ1n) is 10.8. The highest BCUT2D eigenvalue weighted by molar-refractivity contribution is 9.10. The number of aryl methyl sites for hydroxylation is 1. The molecule has 4 aromatic rings. The Labute approximate surface area is 208 Å². The number of hydrogen-bond acceptors (Lipinski definition) is 3. The average Bonchev–Trinajstić information content (AvgIpc) is 3.29. The number of nitrogens with zero attached hydrogens (tertiary/aromatic N) is 1. The predicted octanol–water partition coefficient (Wildman–Crippen LogP) is 6.68. The predicted molar refractivity (Wildman–Crippen MR) is 137 cm³/mol. The van der Waals surface area contributed by atoms with Gasteiger partial charge in [-0.3, -0.25) is 0 Å². The molecule has 0 N–H and O–H groups in total. The van der Waals surface area contributed by atoms with E-state index in [0.29, 0.717) is 5.70 Å². The Bertz CT molecular complexity index is 1390. The molecule has 1 heterocycles. The van der Waals surface area contributed by atoms with E-state index in [0.717, 1.165) is 31.2 Å². The highest BCUT2D eigenvalue weighted by Gasteiger charge is 2.47. The fourth-order valence-corrected chi connectivity index (χ4v) is 5.62. The minimum atomic E-state index is -4.02. The largest absolute Gasteiger partial charge is 0.286 e. The van der Waals surface area contributed by atoms with E-state index in [1.165, 1.54) is 0 Å². The molecule has 1 aliphatic heterocycles. The molecular formula is C28H22BrNO3S. The van der Waals surface area contributed by atoms with Gasteiger partial charge >= 0.3 is 0 Å². The van der Waals surface area contributed by atoms with Gasteiger partial charge in [0.2, 0.25) is 0 Å². The van der Waals surface area contributed by atoms with Crippen molar-refractivity contribution < 1.29 is 13.3 Å². The minimum Gasteiger partial charge on any atom is -0.238 e. The quantitative estimate of drug-likeness (QED) is 0.288. The van der Waals surface area contributed by atoms with Crippen molar-refractivity contribution in [3.63, 3.8) is 0 Å². The maximum absolute atomic E-state index is 13.9. The molecular weight excluding hydrogens is 510 g/mol. The lowest BCUT2D eigenvalue weighted by molar-refractivity contribution is -0.102. The van der Waals surface area contributed by atoms with Gasteiger partial charge in [-0.2, -0.15) is 8.42 Å². The van der Waals surface area contributed by atoms with Gasteiger partial charge in [-0.15, -0.1) is 4.47 Å². The Morgan fingerprint density at radius 2 is 1.26 bits per heavy atom. The van der Waals surface area contributed by atoms with E-state index in [4.69, 9.17) is 4.84 Å². The minimum absolute atomic E-state index is 0.165. The van der Waals surface area contributed by atoms with Gasteiger partial charge < -0.3 is 0 Å². The average molecular weight is 532 g/mol. The lowest BCUT2D eigenvalue weighted by atomic mass is 9.85. The van der Waals surface area contributed by atoms with Gasteiger partial charge in [0.15, 0.2) is 5.60 Å². The Morgan fingerprint density at radius 1 is 0.735 bits per heavy atom. The highest BCUT2D eigenvalue weighted by atomic mass is 79.9. The molecule has 4 nitrogen and oxygen atoms in total. The van der Waals surface area contributed by atoms with Crippen LogP contribution in [0.3, 0.4) is 0 Å². The number of halogens is 1. The Kier molecular flexibility index (Phi) is 5.90. The van der Waals surface area contributed by atoms with Crippen molar-refractivity contribution in [2.45, 2.75) is 17.4 Å². The number of sulfonamides is 1. The summed E-state index contributed by atoms with van der Waals surface area (Å²) in [5.41, 5.74) is 2.71. The molecule has 0 aliphatic carbocycles. The van der Waals surface area contributed by atoms with Gasteiger partial charge in [-0.1, -0.05) is 106 Å². The third-order valence-electron chi connectivity index (χ3n) is 5.85. The zero-order valence-electron chi connectivity index (χ0n) is 18.4. The van der Waals surface area contributed by atoms with E-state index in [1.807, 2.05) is 97.9 Å². The van der Waals surface area contributed by atoms with E-state index in [1.54, 1.807) is 24.3 Å². The lowest BCUT2D eigenvalue weighted by Gasteiger charge is -2.30. The van der Waals surface area contributed by atoms with Gasteiger partial charge in [-0.25, -0.2) is 4.84 Å². The summed E-state index contributed by atoms with van der Waals surface area (Å²) in [4.78, 5) is 6.67. The number of rotatable bonds is 5. The van der Waals surface area contributed by atoms with Crippen molar-refractivity contribution in [2.24, 2.45) is 0 Å². The molecule has 170 valence electrons. The molecule has 0 amide bonds. The van der Waals surface area contributed by atoms with E-state index < -0.39 is 15.6 Å². The molecule has 4 aromatic carbocycles. The topological polar surface area (TPSA) is 46.6 Å². The van der Waals surface area contributed by atoms with Gasteiger partial charge in [0.05, 0.1) is 10.6 Å². The van der Waals surface area contributed by atoms with Crippen LogP contribution in [0, 0.1) is 6.92 Å². The smallest absolute Gasteiger partial charge is 0.238 e. The van der Waals surface area contributed by atoms with Crippen LogP contribution in [-0.2, 0) is 20.5 Å². The summed E-state index contributed by atoms with van der Waals surface area (Å²) >= 11 is 3.47. The molecule has 6 heteroatoms. The van der Waals surface area contributed by atoms with Gasteiger partial charge in [0, 0.05) is 10.0 Å². The third-order valence-corrected chi connectivity index (χ3v) is 7.95. The summed E-state index contributed by atoms with van der Waals surface area (Å²) in [5, 5.41) is 0. The van der Waals surface area contributed by atoms with Crippen LogP contribution in [0.2, 0.25) is 0 Å². The Morgan fingerprint density at radius 3 is 1.79 bits per heavy atom. The monoisotopic (exact) mass is 531 g/mol. The second-order valence-corrected chi connectivity index (χ2v) is 10.8. The molecule has 0 fully saturated rings. The zero-order chi connectivity index (χ0) is 23.8. The summed E-state index contributed by atoms with van der Waals surface area (Å²) in [6.07, 6.45) is 1.90. The normalized spacial score (nSPS) is 15.2. The van der Waals surface area contributed by atoms with Crippen LogP contribution in [0.25, 0.3) is 5.70 Å². The van der Waals surface area contributed by atoms with Gasteiger partial charge in [-0.05, 0) is 48.4 Å². The standard InChI is InChI=1S/C28H22BrNO3S/c1-21-12-18-26(19-13-21)34(31,32)30-27(22-14-16-25(29)17-15-22)20-28(33-30,23-8-4-2-5-9-23)24-10-6-3-7-11-24/h2-20H,1H3. The van der Waals surface area contributed by atoms with Crippen molar-refractivity contribution >= 4 is 31.7 Å². The zero-order valence-corrected chi connectivity index (χ0v) is 20.8.